The Labute approximate surface area is 233 Å². The number of carbonyl (C=O) groups excluding carboxylic acids is 1. The molecule has 0 saturated heterocycles. The highest BCUT2D eigenvalue weighted by Crippen LogP contribution is 2.11. The maximum Gasteiger partial charge on any atom is 0.308 e. The van der Waals surface area contributed by atoms with E-state index >= 15 is 0 Å². The molecular formula is C31H52N2O3S. The van der Waals surface area contributed by atoms with Gasteiger partial charge >= 0.3 is 5.97 Å². The zero-order chi connectivity index (χ0) is 29.1. The summed E-state index contributed by atoms with van der Waals surface area (Å²) in [5.74, 6) is 0.912. The highest BCUT2D eigenvalue weighted by atomic mass is 32.1. The Balaban J connectivity index is -0.000000615. The number of nitrogens with one attached hydrogen (secondary N) is 1. The Kier molecular flexibility index (Phi) is 29.4. The van der Waals surface area contributed by atoms with Crippen LogP contribution < -0.4 is 5.32 Å². The van der Waals surface area contributed by atoms with Crippen molar-refractivity contribution in [3.05, 3.63) is 53.8 Å². The number of hydrogen-bond donors (Lipinski definition) is 1. The maximum absolute atomic E-state index is 11.1. The molecule has 1 atom stereocenters. The Bertz CT molecular complexity index is 768. The second-order valence-corrected chi connectivity index (χ2v) is 8.55. The number of terminal acetylenes is 1. The third-order valence-corrected chi connectivity index (χ3v) is 5.25. The number of rotatable bonds is 13. The van der Waals surface area contributed by atoms with E-state index in [2.05, 4.69) is 65.1 Å². The molecule has 0 amide bonds. The van der Waals surface area contributed by atoms with Gasteiger partial charge in [0, 0.05) is 5.69 Å². The Morgan fingerprint density at radius 2 is 1.76 bits per heavy atom. The van der Waals surface area contributed by atoms with Gasteiger partial charge in [0.15, 0.2) is 0 Å². The van der Waals surface area contributed by atoms with Gasteiger partial charge in [-0.25, -0.2) is 0 Å². The number of benzene rings is 1. The number of methoxy groups -OCH3 is 1. The van der Waals surface area contributed by atoms with Gasteiger partial charge in [-0.15, -0.1) is 12.8 Å². The second kappa shape index (κ2) is 28.0. The highest BCUT2D eigenvalue weighted by Gasteiger charge is 2.16. The van der Waals surface area contributed by atoms with Crippen LogP contribution in [0.2, 0.25) is 0 Å². The molecule has 1 aromatic rings. The van der Waals surface area contributed by atoms with E-state index in [9.17, 15) is 4.79 Å². The summed E-state index contributed by atoms with van der Waals surface area (Å²) in [6.45, 7) is 13.7. The average molecular weight is 533 g/mol. The fourth-order valence-electron chi connectivity index (χ4n) is 2.90. The van der Waals surface area contributed by atoms with Crippen LogP contribution in [0.5, 0.6) is 0 Å². The maximum atomic E-state index is 11.1. The molecule has 0 spiro atoms. The number of allylic oxidation sites excluding steroid dienone is 3. The van der Waals surface area contributed by atoms with Crippen LogP contribution in [0.4, 0.5) is 5.69 Å². The summed E-state index contributed by atoms with van der Waals surface area (Å²) in [7, 11) is 5.45. The first kappa shape index (κ1) is 38.9. The van der Waals surface area contributed by atoms with E-state index in [-0.39, 0.29) is 11.9 Å². The molecule has 0 saturated carbocycles. The molecule has 0 fully saturated rings. The average Bonchev–Trinajstić information content (AvgIpc) is 2.91. The van der Waals surface area contributed by atoms with Gasteiger partial charge in [-0.3, -0.25) is 4.79 Å². The highest BCUT2D eigenvalue weighted by molar-refractivity contribution is 7.80. The van der Waals surface area contributed by atoms with E-state index in [1.807, 2.05) is 60.9 Å². The minimum absolute atomic E-state index is 0.0670. The van der Waals surface area contributed by atoms with E-state index < -0.39 is 0 Å². The van der Waals surface area contributed by atoms with E-state index in [4.69, 9.17) is 17.0 Å². The zero-order valence-electron chi connectivity index (χ0n) is 24.8. The largest absolute Gasteiger partial charge is 0.494 e. The first-order valence-electron chi connectivity index (χ1n) is 13.1. The zero-order valence-corrected chi connectivity index (χ0v) is 25.6. The molecule has 0 aromatic heterocycles. The summed E-state index contributed by atoms with van der Waals surface area (Å²) in [4.78, 5) is 14.1. The van der Waals surface area contributed by atoms with Gasteiger partial charge in [0.05, 0.1) is 24.6 Å². The summed E-state index contributed by atoms with van der Waals surface area (Å²) in [6.07, 6.45) is 18.8. The molecule has 0 radical (unpaired) electrons. The summed E-state index contributed by atoms with van der Waals surface area (Å²) in [5, 5.41) is 3.27. The standard InChI is InChI=1S/C18H25NOS.C9H19NO2.C2H6.C2H2/c1-4-17(20-5-2)9-7-6-8-10-18(21)19-16-13-11-15(3)12-14-16;1-5-8(9(11)12-4)6-7-10(2)3;2*1-2/h4,7,9,11-14H,5-6,8,10H2,1-3H3,(H,19,21);8H,5-7H2,1-4H3;1-2H3;1-2H/b9-7-,17-4+;;;. The first-order chi connectivity index (χ1) is 17.8. The summed E-state index contributed by atoms with van der Waals surface area (Å²) in [5.41, 5.74) is 2.32. The molecule has 1 unspecified atom stereocenters. The lowest BCUT2D eigenvalue weighted by Crippen LogP contribution is -2.22. The molecule has 0 heterocycles. The number of unbranched alkanes of at least 4 members (excludes halogenated alkanes) is 1. The van der Waals surface area contributed by atoms with Crippen LogP contribution in [0.1, 0.15) is 72.3 Å². The van der Waals surface area contributed by atoms with Crippen molar-refractivity contribution in [3.8, 4) is 12.8 Å². The number of ether oxygens (including phenoxy) is 2. The van der Waals surface area contributed by atoms with Crippen LogP contribution in [0, 0.1) is 25.7 Å². The van der Waals surface area contributed by atoms with Crippen LogP contribution in [0.25, 0.3) is 0 Å². The molecule has 1 N–H and O–H groups in total. The van der Waals surface area contributed by atoms with Gasteiger partial charge < -0.3 is 19.7 Å². The van der Waals surface area contributed by atoms with Gasteiger partial charge in [0.2, 0.25) is 0 Å². The molecule has 37 heavy (non-hydrogen) atoms. The monoisotopic (exact) mass is 532 g/mol. The SMILES string of the molecule is C#C.C/C=C(\C=C/CCCC(=S)Nc1ccc(C)cc1)OCC.CC.CCC(CCN(C)C)C(=O)OC. The minimum Gasteiger partial charge on any atom is -0.494 e. The van der Waals surface area contributed by atoms with Gasteiger partial charge in [-0.2, -0.15) is 0 Å². The molecule has 1 aromatic carbocycles. The number of carbonyl (C=O) groups is 1. The fraction of sp³-hybridized carbons (Fsp3) is 0.548. The number of hydrogen-bond acceptors (Lipinski definition) is 5. The Hall–Kier alpha value is -2.62. The lowest BCUT2D eigenvalue weighted by Gasteiger charge is -2.15. The molecule has 0 bridgehead atoms. The number of anilines is 1. The lowest BCUT2D eigenvalue weighted by atomic mass is 10.0. The fourth-order valence-corrected chi connectivity index (χ4v) is 3.17. The second-order valence-electron chi connectivity index (χ2n) is 8.05. The normalized spacial score (nSPS) is 11.1. The molecule has 0 aliphatic carbocycles. The van der Waals surface area contributed by atoms with E-state index in [1.54, 1.807) is 0 Å². The number of esters is 1. The van der Waals surface area contributed by atoms with Crippen molar-refractivity contribution in [2.75, 3.05) is 39.7 Å². The van der Waals surface area contributed by atoms with Crippen LogP contribution in [-0.4, -0.2) is 50.2 Å². The van der Waals surface area contributed by atoms with Crippen LogP contribution >= 0.6 is 12.2 Å². The Morgan fingerprint density at radius 1 is 1.16 bits per heavy atom. The van der Waals surface area contributed by atoms with E-state index in [1.165, 1.54) is 12.7 Å². The van der Waals surface area contributed by atoms with Crippen molar-refractivity contribution >= 4 is 28.9 Å². The lowest BCUT2D eigenvalue weighted by molar-refractivity contribution is -0.145. The van der Waals surface area contributed by atoms with E-state index in [0.717, 1.165) is 55.1 Å². The summed E-state index contributed by atoms with van der Waals surface area (Å²) >= 11 is 5.36. The van der Waals surface area contributed by atoms with Gasteiger partial charge in [0.25, 0.3) is 0 Å². The minimum atomic E-state index is -0.0839. The van der Waals surface area contributed by atoms with Gasteiger partial charge in [0.1, 0.15) is 5.76 Å². The summed E-state index contributed by atoms with van der Waals surface area (Å²) < 4.78 is 10.1. The Morgan fingerprint density at radius 3 is 2.22 bits per heavy atom. The molecule has 6 heteroatoms. The molecule has 0 aliphatic heterocycles. The van der Waals surface area contributed by atoms with Crippen molar-refractivity contribution in [2.45, 2.75) is 73.6 Å². The molecule has 1 rings (SSSR count). The van der Waals surface area contributed by atoms with Gasteiger partial charge in [-0.1, -0.05) is 56.8 Å². The van der Waals surface area contributed by atoms with Crippen molar-refractivity contribution in [1.82, 2.24) is 4.90 Å². The van der Waals surface area contributed by atoms with Gasteiger partial charge in [-0.05, 0) is 97.8 Å². The molecular weight excluding hydrogens is 480 g/mol. The quantitative estimate of drug-likeness (QED) is 0.0698. The number of aryl methyl sites for hydroxylation is 1. The van der Waals surface area contributed by atoms with Crippen molar-refractivity contribution in [1.29, 1.82) is 0 Å². The number of nitrogens with zero attached hydrogens (tertiary/aromatic N) is 1. The van der Waals surface area contributed by atoms with Crippen molar-refractivity contribution < 1.29 is 14.3 Å². The summed E-state index contributed by atoms with van der Waals surface area (Å²) in [6, 6.07) is 8.28. The van der Waals surface area contributed by atoms with E-state index in [0.29, 0.717) is 6.61 Å². The topological polar surface area (TPSA) is 50.8 Å². The molecule has 210 valence electrons. The number of thiocarbonyl (C=S) groups is 1. The molecule has 0 aliphatic rings. The van der Waals surface area contributed by atoms with Crippen LogP contribution in [0.15, 0.2) is 48.3 Å². The van der Waals surface area contributed by atoms with Crippen molar-refractivity contribution in [2.24, 2.45) is 5.92 Å². The first-order valence-corrected chi connectivity index (χ1v) is 13.6. The molecule has 5 nitrogen and oxygen atoms in total. The third-order valence-electron chi connectivity index (χ3n) is 4.94. The predicted molar refractivity (Wildman–Crippen MR) is 166 cm³/mol. The van der Waals surface area contributed by atoms with Crippen LogP contribution in [-0.2, 0) is 14.3 Å². The van der Waals surface area contributed by atoms with Crippen LogP contribution in [0.3, 0.4) is 0 Å². The predicted octanol–water partition coefficient (Wildman–Crippen LogP) is 7.81. The van der Waals surface area contributed by atoms with Crippen molar-refractivity contribution in [3.63, 3.8) is 0 Å². The third kappa shape index (κ3) is 23.5. The smallest absolute Gasteiger partial charge is 0.308 e.